The number of halogens is 4. The number of nitrogens with one attached hydrogen (secondary N) is 2. The van der Waals surface area contributed by atoms with E-state index in [0.29, 0.717) is 5.56 Å². The molecule has 0 aliphatic carbocycles. The first-order valence-corrected chi connectivity index (χ1v) is 16.0. The quantitative estimate of drug-likeness (QED) is 0.174. The molecular formula is C33H28F4N4O5S. The van der Waals surface area contributed by atoms with Gasteiger partial charge < -0.3 is 15.1 Å². The van der Waals surface area contributed by atoms with Gasteiger partial charge >= 0.3 is 6.18 Å². The summed E-state index contributed by atoms with van der Waals surface area (Å²) in [6.45, 7) is 1.60. The maximum atomic E-state index is 14.0. The topological polar surface area (TPSA) is 122 Å². The van der Waals surface area contributed by atoms with E-state index in [-0.39, 0.29) is 56.8 Å². The summed E-state index contributed by atoms with van der Waals surface area (Å²) < 4.78 is 88.6. The molecule has 5 rings (SSSR count). The standard InChI is InChI=1S/C33H28F4N4O5S/c1-4-41(47(3,44)45)26-17-27-25(28(32(43)38-2)29(46-27)19-10-12-23(34)13-11-19)16-24(26)20-7-5-8-21(15-20)31(42)40-30(33(35,36)37)22-9-6-14-39-18-22/h5-18,30H,4H2,1-3H3,(H,38,43)(H,40,42). The Balaban J connectivity index is 1.70. The number of pyridine rings is 1. The maximum absolute atomic E-state index is 14.0. The Morgan fingerprint density at radius 1 is 0.979 bits per heavy atom. The molecule has 0 radical (unpaired) electrons. The molecule has 47 heavy (non-hydrogen) atoms. The third-order valence-electron chi connectivity index (χ3n) is 7.38. The molecule has 2 heterocycles. The molecule has 9 nitrogen and oxygen atoms in total. The van der Waals surface area contributed by atoms with E-state index in [1.807, 2.05) is 5.32 Å². The second kappa shape index (κ2) is 12.9. The lowest BCUT2D eigenvalue weighted by molar-refractivity contribution is -0.155. The van der Waals surface area contributed by atoms with Gasteiger partial charge in [-0.25, -0.2) is 12.8 Å². The fourth-order valence-corrected chi connectivity index (χ4v) is 6.23. The highest BCUT2D eigenvalue weighted by Gasteiger charge is 2.42. The van der Waals surface area contributed by atoms with Crippen molar-refractivity contribution >= 4 is 38.5 Å². The summed E-state index contributed by atoms with van der Waals surface area (Å²) in [7, 11) is -2.47. The number of alkyl halides is 3. The molecular weight excluding hydrogens is 640 g/mol. The molecule has 5 aromatic rings. The number of fused-ring (bicyclic) bond motifs is 1. The number of aromatic nitrogens is 1. The number of hydrogen-bond acceptors (Lipinski definition) is 6. The van der Waals surface area contributed by atoms with E-state index in [1.165, 1.54) is 80.0 Å². The number of carbonyl (C=O) groups excluding carboxylic acids is 2. The van der Waals surface area contributed by atoms with Gasteiger partial charge in [0.1, 0.15) is 17.2 Å². The van der Waals surface area contributed by atoms with E-state index in [2.05, 4.69) is 10.3 Å². The van der Waals surface area contributed by atoms with E-state index >= 15 is 0 Å². The number of sulfonamides is 1. The number of benzene rings is 3. The van der Waals surface area contributed by atoms with Crippen LogP contribution >= 0.6 is 0 Å². The van der Waals surface area contributed by atoms with Gasteiger partial charge in [0.25, 0.3) is 11.8 Å². The summed E-state index contributed by atoms with van der Waals surface area (Å²) in [5.74, 6) is -1.98. The molecule has 3 aromatic carbocycles. The number of carbonyl (C=O) groups is 2. The van der Waals surface area contributed by atoms with Crippen LogP contribution in [-0.4, -0.2) is 51.2 Å². The molecule has 0 saturated heterocycles. The van der Waals surface area contributed by atoms with Gasteiger partial charge in [0.15, 0.2) is 6.04 Å². The van der Waals surface area contributed by atoms with Gasteiger partial charge in [0, 0.05) is 59.7 Å². The number of rotatable bonds is 9. The van der Waals surface area contributed by atoms with Crippen LogP contribution in [0.2, 0.25) is 0 Å². The summed E-state index contributed by atoms with van der Waals surface area (Å²) in [6.07, 6.45) is -1.50. The van der Waals surface area contributed by atoms with Gasteiger partial charge in [-0.3, -0.25) is 18.9 Å². The van der Waals surface area contributed by atoms with Crippen molar-refractivity contribution in [1.82, 2.24) is 15.6 Å². The zero-order valence-corrected chi connectivity index (χ0v) is 26.0. The highest BCUT2D eigenvalue weighted by atomic mass is 32.2. The normalized spacial score (nSPS) is 12.5. The van der Waals surface area contributed by atoms with Gasteiger partial charge in [0.2, 0.25) is 10.0 Å². The third-order valence-corrected chi connectivity index (χ3v) is 8.63. The molecule has 2 aromatic heterocycles. The van der Waals surface area contributed by atoms with Gasteiger partial charge in [-0.15, -0.1) is 0 Å². The Bertz CT molecular complexity index is 2070. The van der Waals surface area contributed by atoms with Gasteiger partial charge in [-0.2, -0.15) is 13.2 Å². The second-order valence-corrected chi connectivity index (χ2v) is 12.4. The highest BCUT2D eigenvalue weighted by Crippen LogP contribution is 2.42. The molecule has 244 valence electrons. The Morgan fingerprint density at radius 2 is 1.70 bits per heavy atom. The van der Waals surface area contributed by atoms with Crippen molar-refractivity contribution in [1.29, 1.82) is 0 Å². The summed E-state index contributed by atoms with van der Waals surface area (Å²) in [4.78, 5) is 30.1. The monoisotopic (exact) mass is 668 g/mol. The van der Waals surface area contributed by atoms with E-state index in [4.69, 9.17) is 4.42 Å². The molecule has 0 bridgehead atoms. The molecule has 0 spiro atoms. The van der Waals surface area contributed by atoms with Crippen molar-refractivity contribution in [2.24, 2.45) is 0 Å². The largest absolute Gasteiger partial charge is 0.455 e. The SMILES string of the molecule is CCN(c1cc2oc(-c3ccc(F)cc3)c(C(=O)NC)c2cc1-c1cccc(C(=O)NC(c2cccnc2)C(F)(F)F)c1)S(C)(=O)=O. The van der Waals surface area contributed by atoms with Crippen molar-refractivity contribution in [2.75, 3.05) is 24.2 Å². The van der Waals surface area contributed by atoms with Crippen LogP contribution in [0.1, 0.15) is 39.2 Å². The van der Waals surface area contributed by atoms with Crippen LogP contribution in [0.5, 0.6) is 0 Å². The van der Waals surface area contributed by atoms with Crippen LogP contribution in [0.3, 0.4) is 0 Å². The number of anilines is 1. The van der Waals surface area contributed by atoms with Gasteiger partial charge in [0.05, 0.1) is 17.5 Å². The molecule has 1 atom stereocenters. The molecule has 0 aliphatic rings. The second-order valence-electron chi connectivity index (χ2n) is 10.5. The minimum Gasteiger partial charge on any atom is -0.455 e. The van der Waals surface area contributed by atoms with Crippen molar-refractivity contribution in [2.45, 2.75) is 19.1 Å². The van der Waals surface area contributed by atoms with Crippen LogP contribution in [0.15, 0.2) is 89.6 Å². The predicted molar refractivity (Wildman–Crippen MR) is 169 cm³/mol. The Labute approximate surface area is 267 Å². The van der Waals surface area contributed by atoms with Gasteiger partial charge in [-0.05, 0) is 61.0 Å². The Hall–Kier alpha value is -5.24. The fraction of sp³-hybridized carbons (Fsp3) is 0.182. The smallest absolute Gasteiger partial charge is 0.412 e. The molecule has 0 saturated carbocycles. The minimum atomic E-state index is -4.83. The lowest BCUT2D eigenvalue weighted by Crippen LogP contribution is -2.38. The van der Waals surface area contributed by atoms with Crippen molar-refractivity contribution in [3.05, 3.63) is 108 Å². The van der Waals surface area contributed by atoms with Crippen LogP contribution in [-0.2, 0) is 10.0 Å². The maximum Gasteiger partial charge on any atom is 0.412 e. The average Bonchev–Trinajstić information content (AvgIpc) is 3.41. The summed E-state index contributed by atoms with van der Waals surface area (Å²) in [5.41, 5.74) is 0.856. The van der Waals surface area contributed by atoms with Crippen LogP contribution in [0.25, 0.3) is 33.4 Å². The van der Waals surface area contributed by atoms with E-state index < -0.39 is 39.9 Å². The molecule has 1 unspecified atom stereocenters. The van der Waals surface area contributed by atoms with E-state index in [9.17, 15) is 35.6 Å². The molecule has 0 aliphatic heterocycles. The third kappa shape index (κ3) is 6.82. The van der Waals surface area contributed by atoms with Crippen LogP contribution in [0, 0.1) is 5.82 Å². The first-order valence-electron chi connectivity index (χ1n) is 14.2. The molecule has 0 fully saturated rings. The molecule has 2 N–H and O–H groups in total. The predicted octanol–water partition coefficient (Wildman–Crippen LogP) is 6.48. The summed E-state index contributed by atoms with van der Waals surface area (Å²) >= 11 is 0. The van der Waals surface area contributed by atoms with Crippen LogP contribution in [0.4, 0.5) is 23.2 Å². The zero-order chi connectivity index (χ0) is 34.1. The first kappa shape index (κ1) is 33.1. The van der Waals surface area contributed by atoms with E-state index in [0.717, 1.165) is 16.8 Å². The number of furan rings is 1. The number of amides is 2. The average molecular weight is 669 g/mol. The lowest BCUT2D eigenvalue weighted by Gasteiger charge is -2.24. The van der Waals surface area contributed by atoms with Gasteiger partial charge in [-0.1, -0.05) is 18.2 Å². The summed E-state index contributed by atoms with van der Waals surface area (Å²) in [6, 6.07) is 14.0. The van der Waals surface area contributed by atoms with Crippen molar-refractivity contribution < 1.29 is 40.0 Å². The summed E-state index contributed by atoms with van der Waals surface area (Å²) in [5, 5.41) is 4.85. The zero-order valence-electron chi connectivity index (χ0n) is 25.2. The van der Waals surface area contributed by atoms with E-state index in [1.54, 1.807) is 13.0 Å². The Morgan fingerprint density at radius 3 is 2.30 bits per heavy atom. The van der Waals surface area contributed by atoms with Crippen LogP contribution < -0.4 is 14.9 Å². The number of nitrogens with zero attached hydrogens (tertiary/aromatic N) is 2. The first-order chi connectivity index (χ1) is 22.2. The van der Waals surface area contributed by atoms with Crippen molar-refractivity contribution in [3.8, 4) is 22.5 Å². The lowest BCUT2D eigenvalue weighted by atomic mass is 9.97. The van der Waals surface area contributed by atoms with Crippen molar-refractivity contribution in [3.63, 3.8) is 0 Å². The Kier molecular flexibility index (Phi) is 9.07. The highest BCUT2D eigenvalue weighted by molar-refractivity contribution is 7.92. The fourth-order valence-electron chi connectivity index (χ4n) is 5.25. The minimum absolute atomic E-state index is 0.0102. The molecule has 2 amide bonds. The molecule has 14 heteroatoms. The number of hydrogen-bond donors (Lipinski definition) is 2.